The van der Waals surface area contributed by atoms with Crippen molar-refractivity contribution in [2.24, 2.45) is 0 Å². The standard InChI is InChI=1S/C13H24O4/c1-3-4-5-6-7-8-9-13(15)17-11-10-16-12(2)14/h3-11H2,1-2H3. The molecule has 0 amide bonds. The van der Waals surface area contributed by atoms with Crippen LogP contribution in [0.1, 0.15) is 58.8 Å². The van der Waals surface area contributed by atoms with E-state index >= 15 is 0 Å². The molecule has 4 heteroatoms. The molecule has 0 aromatic carbocycles. The van der Waals surface area contributed by atoms with Gasteiger partial charge in [-0.05, 0) is 6.42 Å². The van der Waals surface area contributed by atoms with Crippen LogP contribution in [0.4, 0.5) is 0 Å². The molecule has 0 bridgehead atoms. The molecule has 0 spiro atoms. The lowest BCUT2D eigenvalue weighted by Crippen LogP contribution is -2.12. The van der Waals surface area contributed by atoms with Crippen LogP contribution in [-0.4, -0.2) is 25.2 Å². The maximum absolute atomic E-state index is 11.2. The number of unbranched alkanes of at least 4 members (excludes halogenated alkanes) is 5. The lowest BCUT2D eigenvalue weighted by Gasteiger charge is -2.04. The summed E-state index contributed by atoms with van der Waals surface area (Å²) >= 11 is 0. The highest BCUT2D eigenvalue weighted by Gasteiger charge is 2.02. The van der Waals surface area contributed by atoms with Crippen LogP contribution >= 0.6 is 0 Å². The monoisotopic (exact) mass is 244 g/mol. The molecule has 0 saturated carbocycles. The van der Waals surface area contributed by atoms with E-state index in [1.54, 1.807) is 0 Å². The van der Waals surface area contributed by atoms with Gasteiger partial charge in [0.25, 0.3) is 0 Å². The second-order valence-electron chi connectivity index (χ2n) is 4.08. The first-order valence-electron chi connectivity index (χ1n) is 6.45. The Hall–Kier alpha value is -1.06. The van der Waals surface area contributed by atoms with E-state index in [0.29, 0.717) is 6.42 Å². The van der Waals surface area contributed by atoms with Crippen molar-refractivity contribution < 1.29 is 19.1 Å². The molecule has 0 aliphatic heterocycles. The third kappa shape index (κ3) is 12.9. The molecule has 0 rings (SSSR count). The highest BCUT2D eigenvalue weighted by molar-refractivity contribution is 5.69. The van der Waals surface area contributed by atoms with Gasteiger partial charge in [0.2, 0.25) is 0 Å². The predicted octanol–water partition coefficient (Wildman–Crippen LogP) is 2.84. The van der Waals surface area contributed by atoms with Crippen LogP contribution in [0.25, 0.3) is 0 Å². The smallest absolute Gasteiger partial charge is 0.305 e. The Morgan fingerprint density at radius 2 is 1.47 bits per heavy atom. The molecule has 0 aliphatic rings. The zero-order valence-electron chi connectivity index (χ0n) is 11.0. The van der Waals surface area contributed by atoms with E-state index in [1.807, 2.05) is 0 Å². The summed E-state index contributed by atoms with van der Waals surface area (Å²) < 4.78 is 9.55. The number of esters is 2. The molecule has 0 aromatic heterocycles. The Balaban J connectivity index is 3.20. The van der Waals surface area contributed by atoms with Crippen LogP contribution in [-0.2, 0) is 19.1 Å². The van der Waals surface area contributed by atoms with Gasteiger partial charge < -0.3 is 9.47 Å². The summed E-state index contributed by atoms with van der Waals surface area (Å²) in [4.78, 5) is 21.6. The van der Waals surface area contributed by atoms with E-state index in [-0.39, 0.29) is 25.2 Å². The second kappa shape index (κ2) is 11.4. The van der Waals surface area contributed by atoms with Crippen molar-refractivity contribution in [1.29, 1.82) is 0 Å². The summed E-state index contributed by atoms with van der Waals surface area (Å²) in [6.45, 7) is 3.82. The summed E-state index contributed by atoms with van der Waals surface area (Å²) in [5, 5.41) is 0. The van der Waals surface area contributed by atoms with Crippen molar-refractivity contribution in [3.8, 4) is 0 Å². The number of carbonyl (C=O) groups excluding carboxylic acids is 2. The highest BCUT2D eigenvalue weighted by Crippen LogP contribution is 2.07. The molecule has 0 saturated heterocycles. The molecule has 0 fully saturated rings. The molecule has 0 atom stereocenters. The van der Waals surface area contributed by atoms with Gasteiger partial charge in [-0.1, -0.05) is 39.0 Å². The Morgan fingerprint density at radius 1 is 0.882 bits per heavy atom. The Bertz CT molecular complexity index is 213. The molecule has 0 N–H and O–H groups in total. The molecule has 0 unspecified atom stereocenters. The zero-order valence-corrected chi connectivity index (χ0v) is 11.0. The molecule has 17 heavy (non-hydrogen) atoms. The van der Waals surface area contributed by atoms with E-state index in [0.717, 1.165) is 12.8 Å². The normalized spacial score (nSPS) is 10.0. The average molecular weight is 244 g/mol. The molecule has 0 heterocycles. The highest BCUT2D eigenvalue weighted by atomic mass is 16.6. The van der Waals surface area contributed by atoms with Crippen molar-refractivity contribution in [3.63, 3.8) is 0 Å². The van der Waals surface area contributed by atoms with E-state index in [2.05, 4.69) is 11.7 Å². The maximum atomic E-state index is 11.2. The van der Waals surface area contributed by atoms with Gasteiger partial charge in [0, 0.05) is 13.3 Å². The fourth-order valence-corrected chi connectivity index (χ4v) is 1.46. The summed E-state index contributed by atoms with van der Waals surface area (Å²) in [6.07, 6.45) is 7.37. The topological polar surface area (TPSA) is 52.6 Å². The van der Waals surface area contributed by atoms with Crippen LogP contribution in [0.2, 0.25) is 0 Å². The number of hydrogen-bond acceptors (Lipinski definition) is 4. The molecular weight excluding hydrogens is 220 g/mol. The molecular formula is C13H24O4. The third-order valence-electron chi connectivity index (χ3n) is 2.39. The minimum atomic E-state index is -0.350. The zero-order chi connectivity index (χ0) is 12.9. The van der Waals surface area contributed by atoms with Crippen LogP contribution in [0.3, 0.4) is 0 Å². The lowest BCUT2D eigenvalue weighted by molar-refractivity contribution is -0.151. The Kier molecular flexibility index (Phi) is 10.7. The van der Waals surface area contributed by atoms with Gasteiger partial charge in [-0.15, -0.1) is 0 Å². The van der Waals surface area contributed by atoms with Crippen LogP contribution in [0.5, 0.6) is 0 Å². The van der Waals surface area contributed by atoms with Gasteiger partial charge in [-0.2, -0.15) is 0 Å². The van der Waals surface area contributed by atoms with Crippen LogP contribution in [0, 0.1) is 0 Å². The van der Waals surface area contributed by atoms with Crippen molar-refractivity contribution in [1.82, 2.24) is 0 Å². The molecule has 4 nitrogen and oxygen atoms in total. The SMILES string of the molecule is CCCCCCCCC(=O)OCCOC(C)=O. The van der Waals surface area contributed by atoms with Gasteiger partial charge in [-0.25, -0.2) is 0 Å². The van der Waals surface area contributed by atoms with Gasteiger partial charge in [0.05, 0.1) is 0 Å². The third-order valence-corrected chi connectivity index (χ3v) is 2.39. The first kappa shape index (κ1) is 15.9. The van der Waals surface area contributed by atoms with Crippen molar-refractivity contribution in [2.45, 2.75) is 58.8 Å². The van der Waals surface area contributed by atoms with E-state index in [9.17, 15) is 9.59 Å². The predicted molar refractivity (Wildman–Crippen MR) is 65.6 cm³/mol. The molecule has 100 valence electrons. The largest absolute Gasteiger partial charge is 0.462 e. The number of carbonyl (C=O) groups is 2. The van der Waals surface area contributed by atoms with Gasteiger partial charge >= 0.3 is 11.9 Å². The lowest BCUT2D eigenvalue weighted by atomic mass is 10.1. The first-order chi connectivity index (χ1) is 8.16. The minimum absolute atomic E-state index is 0.150. The average Bonchev–Trinajstić information content (AvgIpc) is 2.29. The molecule has 0 radical (unpaired) electrons. The minimum Gasteiger partial charge on any atom is -0.462 e. The first-order valence-corrected chi connectivity index (χ1v) is 6.45. The van der Waals surface area contributed by atoms with Crippen LogP contribution in [0.15, 0.2) is 0 Å². The van der Waals surface area contributed by atoms with Crippen molar-refractivity contribution in [3.05, 3.63) is 0 Å². The Morgan fingerprint density at radius 3 is 2.12 bits per heavy atom. The molecule has 0 aromatic rings. The quantitative estimate of drug-likeness (QED) is 0.438. The van der Waals surface area contributed by atoms with Gasteiger partial charge in [0.1, 0.15) is 13.2 Å². The van der Waals surface area contributed by atoms with Crippen LogP contribution < -0.4 is 0 Å². The summed E-state index contributed by atoms with van der Waals surface area (Å²) in [6, 6.07) is 0. The molecule has 0 aliphatic carbocycles. The fraction of sp³-hybridized carbons (Fsp3) is 0.846. The Labute approximate surface area is 104 Å². The fourth-order valence-electron chi connectivity index (χ4n) is 1.46. The maximum Gasteiger partial charge on any atom is 0.305 e. The number of ether oxygens (including phenoxy) is 2. The number of hydrogen-bond donors (Lipinski definition) is 0. The van der Waals surface area contributed by atoms with E-state index in [1.165, 1.54) is 32.6 Å². The summed E-state index contributed by atoms with van der Waals surface area (Å²) in [7, 11) is 0. The second-order valence-corrected chi connectivity index (χ2v) is 4.08. The number of rotatable bonds is 10. The summed E-state index contributed by atoms with van der Waals surface area (Å²) in [5.74, 6) is -0.551. The van der Waals surface area contributed by atoms with Crippen molar-refractivity contribution in [2.75, 3.05) is 13.2 Å². The summed E-state index contributed by atoms with van der Waals surface area (Å²) in [5.41, 5.74) is 0. The van der Waals surface area contributed by atoms with Gasteiger partial charge in [-0.3, -0.25) is 9.59 Å². The van der Waals surface area contributed by atoms with Gasteiger partial charge in [0.15, 0.2) is 0 Å². The van der Waals surface area contributed by atoms with E-state index in [4.69, 9.17) is 4.74 Å². The van der Waals surface area contributed by atoms with E-state index < -0.39 is 0 Å². The van der Waals surface area contributed by atoms with Crippen molar-refractivity contribution >= 4 is 11.9 Å².